The molecular weight excluding hydrogens is 406 g/mol. The zero-order valence-corrected chi connectivity index (χ0v) is 18.8. The Morgan fingerprint density at radius 3 is 2.65 bits per heavy atom. The number of aromatic nitrogens is 2. The maximum Gasteiger partial charge on any atom is 0.221 e. The van der Waals surface area contributed by atoms with Gasteiger partial charge in [0, 0.05) is 43.5 Å². The van der Waals surface area contributed by atoms with Gasteiger partial charge in [-0.3, -0.25) is 4.79 Å². The second-order valence-electron chi connectivity index (χ2n) is 8.62. The number of carbonyl (C=O) groups is 1. The van der Waals surface area contributed by atoms with E-state index in [1.165, 1.54) is 52.1 Å². The molecule has 31 heavy (non-hydrogen) atoms. The second kappa shape index (κ2) is 8.93. The van der Waals surface area contributed by atoms with Gasteiger partial charge in [-0.1, -0.05) is 29.9 Å². The first-order valence-corrected chi connectivity index (χ1v) is 12.1. The SMILES string of the molecule is CC(=O)Nc1cccc(-c2cnc3nc(N4CCC(N5CCCCC5)CC4)sc3c2)c1. The van der Waals surface area contributed by atoms with Crippen LogP contribution in [0.25, 0.3) is 21.5 Å². The maximum absolute atomic E-state index is 11.4. The van der Waals surface area contributed by atoms with Crippen molar-refractivity contribution in [2.45, 2.75) is 45.1 Å². The fourth-order valence-corrected chi connectivity index (χ4v) is 5.80. The van der Waals surface area contributed by atoms with E-state index in [-0.39, 0.29) is 5.91 Å². The summed E-state index contributed by atoms with van der Waals surface area (Å²) in [6.45, 7) is 6.23. The van der Waals surface area contributed by atoms with E-state index in [0.29, 0.717) is 0 Å². The van der Waals surface area contributed by atoms with Crippen LogP contribution in [0, 0.1) is 0 Å². The molecule has 1 amide bonds. The van der Waals surface area contributed by atoms with Crippen molar-refractivity contribution >= 4 is 38.4 Å². The van der Waals surface area contributed by atoms with Crippen LogP contribution in [0.3, 0.4) is 0 Å². The standard InChI is InChI=1S/C24H29N5OS/c1-17(30)26-20-7-5-6-18(14-20)19-15-22-23(25-16-19)27-24(31-22)29-12-8-21(9-13-29)28-10-3-2-4-11-28/h5-7,14-16,21H,2-4,8-13H2,1H3,(H,26,30). The van der Waals surface area contributed by atoms with Gasteiger partial charge >= 0.3 is 0 Å². The highest BCUT2D eigenvalue weighted by molar-refractivity contribution is 7.22. The number of thiazole rings is 1. The first kappa shape index (κ1) is 20.4. The second-order valence-corrected chi connectivity index (χ2v) is 9.63. The molecule has 0 unspecified atom stereocenters. The van der Waals surface area contributed by atoms with E-state index < -0.39 is 0 Å². The lowest BCUT2D eigenvalue weighted by atomic mass is 10.0. The van der Waals surface area contributed by atoms with Gasteiger partial charge in [0.15, 0.2) is 10.8 Å². The Bertz CT molecular complexity index is 1070. The summed E-state index contributed by atoms with van der Waals surface area (Å²) in [6, 6.07) is 10.8. The molecule has 0 bridgehead atoms. The Kier molecular flexibility index (Phi) is 5.87. The number of rotatable bonds is 4. The largest absolute Gasteiger partial charge is 0.348 e. The van der Waals surface area contributed by atoms with Crippen LogP contribution in [0.1, 0.15) is 39.0 Å². The number of nitrogens with one attached hydrogen (secondary N) is 1. The number of fused-ring (bicyclic) bond motifs is 1. The van der Waals surface area contributed by atoms with Crippen molar-refractivity contribution < 1.29 is 4.79 Å². The summed E-state index contributed by atoms with van der Waals surface area (Å²) in [4.78, 5) is 26.0. The third-order valence-corrected chi connectivity index (χ3v) is 7.45. The highest BCUT2D eigenvalue weighted by atomic mass is 32.1. The summed E-state index contributed by atoms with van der Waals surface area (Å²) in [5.41, 5.74) is 3.70. The summed E-state index contributed by atoms with van der Waals surface area (Å²) < 4.78 is 1.11. The zero-order valence-electron chi connectivity index (χ0n) is 18.0. The highest BCUT2D eigenvalue weighted by Gasteiger charge is 2.27. The molecule has 0 radical (unpaired) electrons. The van der Waals surface area contributed by atoms with Crippen molar-refractivity contribution in [2.24, 2.45) is 0 Å². The van der Waals surface area contributed by atoms with E-state index in [1.54, 1.807) is 11.3 Å². The highest BCUT2D eigenvalue weighted by Crippen LogP contribution is 2.33. The van der Waals surface area contributed by atoms with E-state index >= 15 is 0 Å². The Labute approximate surface area is 187 Å². The van der Waals surface area contributed by atoms with Crippen molar-refractivity contribution in [1.29, 1.82) is 0 Å². The average Bonchev–Trinajstić information content (AvgIpc) is 3.23. The molecule has 0 atom stereocenters. The summed E-state index contributed by atoms with van der Waals surface area (Å²) in [5, 5.41) is 3.93. The summed E-state index contributed by atoms with van der Waals surface area (Å²) >= 11 is 1.73. The minimum atomic E-state index is -0.0677. The van der Waals surface area contributed by atoms with E-state index in [1.807, 2.05) is 30.5 Å². The first-order valence-electron chi connectivity index (χ1n) is 11.3. The fraction of sp³-hybridized carbons (Fsp3) is 0.458. The smallest absolute Gasteiger partial charge is 0.221 e. The van der Waals surface area contributed by atoms with E-state index in [4.69, 9.17) is 4.98 Å². The van der Waals surface area contributed by atoms with Crippen molar-refractivity contribution in [3.63, 3.8) is 0 Å². The van der Waals surface area contributed by atoms with E-state index in [0.717, 1.165) is 51.4 Å². The molecule has 162 valence electrons. The Morgan fingerprint density at radius 2 is 1.87 bits per heavy atom. The minimum Gasteiger partial charge on any atom is -0.348 e. The van der Waals surface area contributed by atoms with Gasteiger partial charge in [-0.2, -0.15) is 4.98 Å². The zero-order chi connectivity index (χ0) is 21.2. The van der Waals surface area contributed by atoms with Gasteiger partial charge in [0.2, 0.25) is 5.91 Å². The molecule has 0 spiro atoms. The number of amides is 1. The maximum atomic E-state index is 11.4. The molecule has 4 heterocycles. The quantitative estimate of drug-likeness (QED) is 0.640. The van der Waals surface area contributed by atoms with Crippen molar-refractivity contribution in [2.75, 3.05) is 36.4 Å². The van der Waals surface area contributed by atoms with Crippen LogP contribution in [0.5, 0.6) is 0 Å². The number of piperidine rings is 2. The van der Waals surface area contributed by atoms with E-state index in [9.17, 15) is 4.79 Å². The van der Waals surface area contributed by atoms with Crippen LogP contribution in [0.15, 0.2) is 36.5 Å². The average molecular weight is 436 g/mol. The molecule has 0 saturated carbocycles. The molecule has 6 nitrogen and oxygen atoms in total. The van der Waals surface area contributed by atoms with Crippen LogP contribution in [-0.2, 0) is 4.79 Å². The lowest BCUT2D eigenvalue weighted by Gasteiger charge is -2.40. The fourth-order valence-electron chi connectivity index (χ4n) is 4.79. The van der Waals surface area contributed by atoms with Crippen molar-refractivity contribution in [3.05, 3.63) is 36.5 Å². The van der Waals surface area contributed by atoms with Crippen LogP contribution in [0.4, 0.5) is 10.8 Å². The van der Waals surface area contributed by atoms with Gasteiger partial charge < -0.3 is 15.1 Å². The molecule has 2 aliphatic rings. The van der Waals surface area contributed by atoms with Crippen LogP contribution < -0.4 is 10.2 Å². The van der Waals surface area contributed by atoms with Crippen molar-refractivity contribution in [3.8, 4) is 11.1 Å². The van der Waals surface area contributed by atoms with Gasteiger partial charge in [0.25, 0.3) is 0 Å². The van der Waals surface area contributed by atoms with Gasteiger partial charge in [-0.15, -0.1) is 0 Å². The number of benzene rings is 1. The number of likely N-dealkylation sites (tertiary alicyclic amines) is 1. The molecule has 5 rings (SSSR count). The number of hydrogen-bond acceptors (Lipinski definition) is 6. The monoisotopic (exact) mass is 435 g/mol. The summed E-state index contributed by atoms with van der Waals surface area (Å²) in [5.74, 6) is -0.0677. The van der Waals surface area contributed by atoms with Gasteiger partial charge in [-0.25, -0.2) is 4.98 Å². The van der Waals surface area contributed by atoms with Gasteiger partial charge in [-0.05, 0) is 62.5 Å². The number of carbonyl (C=O) groups excluding carboxylic acids is 1. The van der Waals surface area contributed by atoms with Gasteiger partial charge in [0.05, 0.1) is 4.70 Å². The Hall–Kier alpha value is -2.51. The molecule has 1 aromatic carbocycles. The lowest BCUT2D eigenvalue weighted by molar-refractivity contribution is -0.114. The summed E-state index contributed by atoms with van der Waals surface area (Å²) in [6.07, 6.45) is 8.45. The van der Waals surface area contributed by atoms with Crippen LogP contribution >= 0.6 is 11.3 Å². The minimum absolute atomic E-state index is 0.0677. The predicted octanol–water partition coefficient (Wildman–Crippen LogP) is 4.77. The van der Waals surface area contributed by atoms with E-state index in [2.05, 4.69) is 26.2 Å². The Balaban J connectivity index is 1.30. The number of pyridine rings is 1. The first-order chi connectivity index (χ1) is 15.2. The Morgan fingerprint density at radius 1 is 1.06 bits per heavy atom. The van der Waals surface area contributed by atoms with Crippen LogP contribution in [0.2, 0.25) is 0 Å². The number of nitrogens with zero attached hydrogens (tertiary/aromatic N) is 4. The molecule has 2 aromatic heterocycles. The molecule has 1 N–H and O–H groups in total. The molecule has 7 heteroatoms. The molecule has 3 aromatic rings. The van der Waals surface area contributed by atoms with Crippen LogP contribution in [-0.4, -0.2) is 53.0 Å². The lowest BCUT2D eigenvalue weighted by Crippen LogP contribution is -2.46. The molecule has 2 fully saturated rings. The van der Waals surface area contributed by atoms with Gasteiger partial charge in [0.1, 0.15) is 0 Å². The normalized spacial score (nSPS) is 18.4. The molecular formula is C24H29N5OS. The number of anilines is 2. The third-order valence-electron chi connectivity index (χ3n) is 6.39. The molecule has 2 saturated heterocycles. The third kappa shape index (κ3) is 4.57. The predicted molar refractivity (Wildman–Crippen MR) is 128 cm³/mol. The molecule has 2 aliphatic heterocycles. The topological polar surface area (TPSA) is 61.4 Å². The molecule has 0 aliphatic carbocycles. The summed E-state index contributed by atoms with van der Waals surface area (Å²) in [7, 11) is 0. The number of hydrogen-bond donors (Lipinski definition) is 1. The van der Waals surface area contributed by atoms with Crippen molar-refractivity contribution in [1.82, 2.24) is 14.9 Å².